The van der Waals surface area contributed by atoms with Gasteiger partial charge < -0.3 is 0 Å². The van der Waals surface area contributed by atoms with Gasteiger partial charge in [-0.3, -0.25) is 0 Å². The van der Waals surface area contributed by atoms with Crippen molar-refractivity contribution in [2.24, 2.45) is 0 Å². The van der Waals surface area contributed by atoms with Gasteiger partial charge in [0.25, 0.3) is 0 Å². The minimum atomic E-state index is -5.17. The molecule has 0 unspecified atom stereocenters. The minimum absolute atomic E-state index is 0.00600. The summed E-state index contributed by atoms with van der Waals surface area (Å²) in [5.74, 6) is -2.16. The predicted octanol–water partition coefficient (Wildman–Crippen LogP) is 8.88. The number of amides is 1. The molecule has 5 aromatic rings. The first-order chi connectivity index (χ1) is 21.4. The SMILES string of the molecule is O=C(Nc1cc(Cl)c(Oc2ccc(C(F)(F)F)cc2)cc1C[PH](c1ccccc1)(c1ccccc1)c1ccccc1)C(F)(F)F. The summed E-state index contributed by atoms with van der Waals surface area (Å²) < 4.78 is 85.5. The molecule has 0 atom stereocenters. The van der Waals surface area contributed by atoms with Crippen LogP contribution in [0.1, 0.15) is 11.1 Å². The summed E-state index contributed by atoms with van der Waals surface area (Å²) in [5, 5.41) is 4.69. The zero-order valence-electron chi connectivity index (χ0n) is 23.3. The normalized spacial score (nSPS) is 12.4. The molecule has 0 fully saturated rings. The Bertz CT molecular complexity index is 1670. The molecule has 0 heterocycles. The first-order valence-electron chi connectivity index (χ1n) is 13.6. The third kappa shape index (κ3) is 7.16. The number of nitrogens with one attached hydrogen (secondary N) is 1. The van der Waals surface area contributed by atoms with Crippen LogP contribution >= 0.6 is 18.9 Å². The monoisotopic (exact) mass is 659 g/mol. The summed E-state index contributed by atoms with van der Waals surface area (Å²) >= 11 is 6.45. The van der Waals surface area contributed by atoms with E-state index in [0.29, 0.717) is 5.56 Å². The topological polar surface area (TPSA) is 38.3 Å². The van der Waals surface area contributed by atoms with E-state index in [1.807, 2.05) is 96.3 Å². The first kappa shape index (κ1) is 32.1. The van der Waals surface area contributed by atoms with E-state index < -0.39 is 31.1 Å². The number of hydrogen-bond acceptors (Lipinski definition) is 2. The molecule has 0 spiro atoms. The molecule has 232 valence electrons. The van der Waals surface area contributed by atoms with Gasteiger partial charge in [-0.25, -0.2) is 0 Å². The van der Waals surface area contributed by atoms with Crippen LogP contribution in [0.4, 0.5) is 32.0 Å². The van der Waals surface area contributed by atoms with E-state index in [0.717, 1.165) is 40.2 Å². The molecule has 45 heavy (non-hydrogen) atoms. The molecular formula is C34H25ClF6NO2P. The molecule has 0 aliphatic rings. The zero-order chi connectivity index (χ0) is 32.2. The number of alkyl halides is 6. The van der Waals surface area contributed by atoms with Gasteiger partial charge in [-0.15, -0.1) is 0 Å². The van der Waals surface area contributed by atoms with Gasteiger partial charge in [0.1, 0.15) is 0 Å². The average Bonchev–Trinajstić information content (AvgIpc) is 3.02. The number of ether oxygens (including phenoxy) is 1. The molecule has 0 bridgehead atoms. The van der Waals surface area contributed by atoms with Crippen LogP contribution in [0.15, 0.2) is 127 Å². The summed E-state index contributed by atoms with van der Waals surface area (Å²) in [6, 6.07) is 35.3. The van der Waals surface area contributed by atoms with E-state index >= 15 is 0 Å². The van der Waals surface area contributed by atoms with Crippen molar-refractivity contribution >= 4 is 46.4 Å². The van der Waals surface area contributed by atoms with E-state index in [2.05, 4.69) is 0 Å². The Morgan fingerprint density at radius 2 is 1.16 bits per heavy atom. The second-order valence-electron chi connectivity index (χ2n) is 10.2. The van der Waals surface area contributed by atoms with E-state index in [1.54, 1.807) is 0 Å². The van der Waals surface area contributed by atoms with Gasteiger partial charge in [0.05, 0.1) is 0 Å². The molecule has 0 saturated heterocycles. The van der Waals surface area contributed by atoms with Crippen LogP contribution in [0.3, 0.4) is 0 Å². The Labute approximate surface area is 260 Å². The fraction of sp³-hybridized carbons (Fsp3) is 0.0882. The number of anilines is 1. The van der Waals surface area contributed by atoms with Crippen molar-refractivity contribution in [3.63, 3.8) is 0 Å². The average molecular weight is 660 g/mol. The van der Waals surface area contributed by atoms with Gasteiger partial charge >= 0.3 is 261 Å². The number of carbonyl (C=O) groups excluding carboxylic acids is 1. The quantitative estimate of drug-likeness (QED) is 0.134. The molecular weight excluding hydrogens is 635 g/mol. The van der Waals surface area contributed by atoms with Gasteiger partial charge in [-0.2, -0.15) is 0 Å². The van der Waals surface area contributed by atoms with Crippen molar-refractivity contribution < 1.29 is 35.9 Å². The molecule has 0 aliphatic carbocycles. The van der Waals surface area contributed by atoms with Gasteiger partial charge in [0.2, 0.25) is 0 Å². The number of carbonyl (C=O) groups is 1. The molecule has 5 rings (SSSR count). The Morgan fingerprint density at radius 1 is 0.689 bits per heavy atom. The van der Waals surface area contributed by atoms with Crippen molar-refractivity contribution in [2.45, 2.75) is 18.5 Å². The molecule has 1 N–H and O–H groups in total. The van der Waals surface area contributed by atoms with E-state index in [9.17, 15) is 31.1 Å². The standard InChI is InChI=1S/C34H25ClF6NO2P/c35-29-21-30(42-32(43)34(39,40)41)23(20-31(29)44-25-18-16-24(17-19-25)33(36,37)38)22-45(26-10-4-1-5-11-26,27-12-6-2-7-13-27)28-14-8-3-9-15-28/h1-21,45H,22H2,(H,42,43). The summed E-state index contributed by atoms with van der Waals surface area (Å²) in [7, 11) is -3.11. The van der Waals surface area contributed by atoms with Crippen molar-refractivity contribution in [2.75, 3.05) is 5.32 Å². The van der Waals surface area contributed by atoms with Crippen LogP contribution in [0.5, 0.6) is 11.5 Å². The van der Waals surface area contributed by atoms with Gasteiger partial charge in [0, 0.05) is 0 Å². The first-order valence-corrected chi connectivity index (χ1v) is 16.2. The van der Waals surface area contributed by atoms with Crippen molar-refractivity contribution in [1.82, 2.24) is 0 Å². The van der Waals surface area contributed by atoms with Crippen LogP contribution in [-0.4, -0.2) is 12.1 Å². The van der Waals surface area contributed by atoms with Crippen molar-refractivity contribution in [3.8, 4) is 11.5 Å². The van der Waals surface area contributed by atoms with E-state index in [-0.39, 0.29) is 28.4 Å². The van der Waals surface area contributed by atoms with E-state index in [4.69, 9.17) is 16.3 Å². The summed E-state index contributed by atoms with van der Waals surface area (Å²) in [5.41, 5.74) is -0.750. The van der Waals surface area contributed by atoms with Gasteiger partial charge in [0.15, 0.2) is 0 Å². The maximum absolute atomic E-state index is 13.4. The molecule has 11 heteroatoms. The van der Waals surface area contributed by atoms with Crippen LogP contribution in [0.25, 0.3) is 0 Å². The number of hydrogen-bond donors (Lipinski definition) is 1. The van der Waals surface area contributed by atoms with Crippen LogP contribution in [-0.2, 0) is 17.1 Å². The molecule has 5 aromatic carbocycles. The fourth-order valence-electron chi connectivity index (χ4n) is 5.23. The second-order valence-corrected chi connectivity index (χ2v) is 14.5. The second kappa shape index (κ2) is 13.0. The third-order valence-corrected chi connectivity index (χ3v) is 12.5. The Hall–Kier alpha value is -4.33. The van der Waals surface area contributed by atoms with Crippen LogP contribution in [0, 0.1) is 0 Å². The summed E-state index contributed by atoms with van der Waals surface area (Å²) in [6.07, 6.45) is -9.56. The predicted molar refractivity (Wildman–Crippen MR) is 168 cm³/mol. The molecule has 0 aromatic heterocycles. The Kier molecular flexibility index (Phi) is 9.23. The van der Waals surface area contributed by atoms with Crippen LogP contribution in [0.2, 0.25) is 5.02 Å². The van der Waals surface area contributed by atoms with Crippen molar-refractivity contribution in [3.05, 3.63) is 144 Å². The summed E-state index contributed by atoms with van der Waals surface area (Å²) in [4.78, 5) is 12.2. The van der Waals surface area contributed by atoms with Crippen LogP contribution < -0.4 is 26.0 Å². The molecule has 1 amide bonds. The molecule has 3 nitrogen and oxygen atoms in total. The fourth-order valence-corrected chi connectivity index (χ4v) is 10.2. The van der Waals surface area contributed by atoms with E-state index in [1.165, 1.54) is 12.1 Å². The number of rotatable bonds is 8. The number of halogens is 7. The van der Waals surface area contributed by atoms with Gasteiger partial charge in [-0.1, -0.05) is 0 Å². The molecule has 0 saturated carbocycles. The zero-order valence-corrected chi connectivity index (χ0v) is 25.0. The number of benzene rings is 5. The molecule has 0 radical (unpaired) electrons. The Morgan fingerprint density at radius 3 is 1.58 bits per heavy atom. The van der Waals surface area contributed by atoms with Gasteiger partial charge in [-0.05, 0) is 0 Å². The molecule has 0 aliphatic heterocycles. The van der Waals surface area contributed by atoms with Crippen molar-refractivity contribution in [1.29, 1.82) is 0 Å². The maximum atomic E-state index is 13.4. The Balaban J connectivity index is 1.70. The third-order valence-electron chi connectivity index (χ3n) is 7.33. The summed E-state index contributed by atoms with van der Waals surface area (Å²) in [6.45, 7) is 0.